The van der Waals surface area contributed by atoms with Gasteiger partial charge in [0.25, 0.3) is 10.0 Å². The summed E-state index contributed by atoms with van der Waals surface area (Å²) in [6, 6.07) is 16.9. The van der Waals surface area contributed by atoms with Gasteiger partial charge in [0.05, 0.1) is 37.5 Å². The van der Waals surface area contributed by atoms with Gasteiger partial charge in [-0.25, -0.2) is 8.42 Å². The minimum atomic E-state index is -4.13. The van der Waals surface area contributed by atoms with Crippen LogP contribution in [0, 0.1) is 13.8 Å². The first-order chi connectivity index (χ1) is 17.6. The van der Waals surface area contributed by atoms with Crippen LogP contribution in [-0.2, 0) is 14.8 Å². The number of nitrogens with one attached hydrogen (secondary N) is 1. The molecule has 9 heteroatoms. The third-order valence-corrected chi connectivity index (χ3v) is 7.56. The lowest BCUT2D eigenvalue weighted by Gasteiger charge is -2.26. The molecular formula is C28H34N2O6S. The van der Waals surface area contributed by atoms with E-state index in [9.17, 15) is 13.2 Å². The molecule has 198 valence electrons. The average molecular weight is 527 g/mol. The van der Waals surface area contributed by atoms with Gasteiger partial charge in [0.1, 0.15) is 12.3 Å². The molecule has 1 atom stereocenters. The molecule has 0 heterocycles. The molecule has 0 aromatic heterocycles. The number of hydrogen-bond donors (Lipinski definition) is 1. The van der Waals surface area contributed by atoms with Crippen LogP contribution in [0.4, 0.5) is 5.69 Å². The maximum atomic E-state index is 13.8. The number of nitrogens with zero attached hydrogens (tertiary/aromatic N) is 1. The molecule has 3 aromatic carbocycles. The van der Waals surface area contributed by atoms with Crippen molar-refractivity contribution in [1.82, 2.24) is 5.32 Å². The van der Waals surface area contributed by atoms with E-state index in [1.54, 1.807) is 12.1 Å². The van der Waals surface area contributed by atoms with Crippen molar-refractivity contribution in [3.8, 4) is 17.2 Å². The first-order valence-corrected chi connectivity index (χ1v) is 13.4. The number of anilines is 1. The van der Waals surface area contributed by atoms with E-state index in [0.717, 1.165) is 26.7 Å². The fraction of sp³-hybridized carbons (Fsp3) is 0.321. The fourth-order valence-electron chi connectivity index (χ4n) is 4.03. The normalized spacial score (nSPS) is 11.9. The number of benzene rings is 3. The minimum absolute atomic E-state index is 0.0170. The molecule has 1 N–H and O–H groups in total. The second-order valence-corrected chi connectivity index (χ2v) is 10.5. The maximum absolute atomic E-state index is 13.8. The summed E-state index contributed by atoms with van der Waals surface area (Å²) in [5.74, 6) is 0.982. The van der Waals surface area contributed by atoms with Gasteiger partial charge in [-0.2, -0.15) is 0 Å². The molecule has 0 saturated carbocycles. The summed E-state index contributed by atoms with van der Waals surface area (Å²) in [5, 5.41) is 2.91. The largest absolute Gasteiger partial charge is 0.494 e. The van der Waals surface area contributed by atoms with E-state index in [4.69, 9.17) is 14.2 Å². The van der Waals surface area contributed by atoms with E-state index in [1.165, 1.54) is 32.4 Å². The smallest absolute Gasteiger partial charge is 0.264 e. The van der Waals surface area contributed by atoms with Gasteiger partial charge in [-0.1, -0.05) is 18.2 Å². The van der Waals surface area contributed by atoms with Crippen LogP contribution in [0.15, 0.2) is 65.6 Å². The number of carbonyl (C=O) groups excluding carboxylic acids is 1. The summed E-state index contributed by atoms with van der Waals surface area (Å²) < 4.78 is 44.8. The third-order valence-electron chi connectivity index (χ3n) is 5.79. The Morgan fingerprint density at radius 1 is 0.919 bits per heavy atom. The fourth-order valence-corrected chi connectivity index (χ4v) is 5.45. The van der Waals surface area contributed by atoms with Crippen molar-refractivity contribution in [2.75, 3.05) is 31.7 Å². The Labute approximate surface area is 219 Å². The summed E-state index contributed by atoms with van der Waals surface area (Å²) in [7, 11) is -1.22. The summed E-state index contributed by atoms with van der Waals surface area (Å²) in [6.07, 6.45) is 0. The van der Waals surface area contributed by atoms with Crippen molar-refractivity contribution in [3.05, 3.63) is 77.4 Å². The number of methoxy groups -OCH3 is 2. The molecule has 0 fully saturated rings. The molecule has 0 bridgehead atoms. The Morgan fingerprint density at radius 3 is 2.11 bits per heavy atom. The van der Waals surface area contributed by atoms with E-state index in [2.05, 4.69) is 5.32 Å². The van der Waals surface area contributed by atoms with Gasteiger partial charge in [-0.15, -0.1) is 0 Å². The van der Waals surface area contributed by atoms with Crippen molar-refractivity contribution in [1.29, 1.82) is 0 Å². The average Bonchev–Trinajstić information content (AvgIpc) is 2.86. The summed E-state index contributed by atoms with van der Waals surface area (Å²) >= 11 is 0. The summed E-state index contributed by atoms with van der Waals surface area (Å²) in [6.45, 7) is 7.68. The van der Waals surface area contributed by atoms with Gasteiger partial charge in [0.15, 0.2) is 11.5 Å². The first-order valence-electron chi connectivity index (χ1n) is 11.9. The lowest BCUT2D eigenvalue weighted by atomic mass is 10.1. The number of aryl methyl sites for hydroxylation is 2. The molecule has 0 unspecified atom stereocenters. The highest BCUT2D eigenvalue weighted by Crippen LogP contribution is 2.32. The highest BCUT2D eigenvalue weighted by Gasteiger charge is 2.29. The zero-order valence-electron chi connectivity index (χ0n) is 22.1. The Morgan fingerprint density at radius 2 is 1.54 bits per heavy atom. The Kier molecular flexibility index (Phi) is 9.04. The highest BCUT2D eigenvalue weighted by atomic mass is 32.2. The van der Waals surface area contributed by atoms with Crippen LogP contribution in [0.25, 0.3) is 0 Å². The number of carbonyl (C=O) groups is 1. The molecule has 0 radical (unpaired) electrons. The zero-order valence-corrected chi connectivity index (χ0v) is 22.9. The molecule has 3 aromatic rings. The topological polar surface area (TPSA) is 94.2 Å². The Hall–Kier alpha value is -3.72. The predicted molar refractivity (Wildman–Crippen MR) is 144 cm³/mol. The molecule has 8 nitrogen and oxygen atoms in total. The van der Waals surface area contributed by atoms with Crippen molar-refractivity contribution in [2.45, 2.75) is 38.6 Å². The van der Waals surface area contributed by atoms with Crippen LogP contribution in [0.5, 0.6) is 17.2 Å². The van der Waals surface area contributed by atoms with Crippen LogP contribution in [-0.4, -0.2) is 41.7 Å². The van der Waals surface area contributed by atoms with Gasteiger partial charge in [0, 0.05) is 6.07 Å². The monoisotopic (exact) mass is 526 g/mol. The predicted octanol–water partition coefficient (Wildman–Crippen LogP) is 4.79. The standard InChI is InChI=1S/C28H34N2O6S/c1-7-36-24-10-8-22(9-11-24)21(4)29-28(31)18-30(23-15-19(2)14-20(3)16-23)37(32,33)25-12-13-26(34-5)27(17-25)35-6/h8-17,21H,7,18H2,1-6H3,(H,29,31)/t21-/m1/s1. The number of hydrogen-bond acceptors (Lipinski definition) is 6. The van der Waals surface area contributed by atoms with E-state index in [1.807, 2.05) is 58.0 Å². The lowest BCUT2D eigenvalue weighted by Crippen LogP contribution is -2.41. The number of ether oxygens (including phenoxy) is 3. The van der Waals surface area contributed by atoms with Gasteiger partial charge in [-0.05, 0) is 80.8 Å². The Bertz CT molecular complexity index is 1320. The van der Waals surface area contributed by atoms with Gasteiger partial charge in [0.2, 0.25) is 5.91 Å². The quantitative estimate of drug-likeness (QED) is 0.386. The van der Waals surface area contributed by atoms with E-state index in [0.29, 0.717) is 18.0 Å². The second kappa shape index (κ2) is 12.0. The minimum Gasteiger partial charge on any atom is -0.494 e. The van der Waals surface area contributed by atoms with Crippen LogP contribution in [0.1, 0.15) is 36.6 Å². The molecule has 0 aliphatic heterocycles. The number of sulfonamides is 1. The van der Waals surface area contributed by atoms with Crippen molar-refractivity contribution < 1.29 is 27.4 Å². The molecule has 37 heavy (non-hydrogen) atoms. The number of rotatable bonds is 11. The molecule has 0 spiro atoms. The molecule has 0 saturated heterocycles. The van der Waals surface area contributed by atoms with Crippen molar-refractivity contribution in [2.24, 2.45) is 0 Å². The SMILES string of the molecule is CCOc1ccc([C@@H](C)NC(=O)CN(c2cc(C)cc(C)c2)S(=O)(=O)c2ccc(OC)c(OC)c2)cc1. The van der Waals surface area contributed by atoms with Crippen molar-refractivity contribution >= 4 is 21.6 Å². The molecule has 3 rings (SSSR count). The van der Waals surface area contributed by atoms with E-state index < -0.39 is 22.5 Å². The summed E-state index contributed by atoms with van der Waals surface area (Å²) in [4.78, 5) is 13.1. The molecule has 1 amide bonds. The van der Waals surface area contributed by atoms with E-state index >= 15 is 0 Å². The van der Waals surface area contributed by atoms with Gasteiger partial charge in [-0.3, -0.25) is 9.10 Å². The lowest BCUT2D eigenvalue weighted by molar-refractivity contribution is -0.120. The molecule has 0 aliphatic rings. The third kappa shape index (κ3) is 6.74. The van der Waals surface area contributed by atoms with Gasteiger partial charge >= 0.3 is 0 Å². The van der Waals surface area contributed by atoms with Crippen LogP contribution >= 0.6 is 0 Å². The van der Waals surface area contributed by atoms with Crippen LogP contribution in [0.3, 0.4) is 0 Å². The first kappa shape index (κ1) is 27.9. The van der Waals surface area contributed by atoms with Gasteiger partial charge < -0.3 is 19.5 Å². The van der Waals surface area contributed by atoms with E-state index in [-0.39, 0.29) is 16.7 Å². The Balaban J connectivity index is 1.93. The number of amides is 1. The van der Waals surface area contributed by atoms with Crippen LogP contribution < -0.4 is 23.8 Å². The second-order valence-electron chi connectivity index (χ2n) is 8.67. The highest BCUT2D eigenvalue weighted by molar-refractivity contribution is 7.92. The zero-order chi connectivity index (χ0) is 27.2. The maximum Gasteiger partial charge on any atom is 0.264 e. The van der Waals surface area contributed by atoms with Crippen LogP contribution in [0.2, 0.25) is 0 Å². The molecular weight excluding hydrogens is 492 g/mol. The molecule has 0 aliphatic carbocycles. The van der Waals surface area contributed by atoms with Crippen molar-refractivity contribution in [3.63, 3.8) is 0 Å². The summed E-state index contributed by atoms with van der Waals surface area (Å²) in [5.41, 5.74) is 3.03.